The van der Waals surface area contributed by atoms with Gasteiger partial charge >= 0.3 is 0 Å². The van der Waals surface area contributed by atoms with Gasteiger partial charge in [0.25, 0.3) is 0 Å². The van der Waals surface area contributed by atoms with Crippen molar-refractivity contribution in [2.45, 2.75) is 0 Å². The Labute approximate surface area is 172 Å². The van der Waals surface area contributed by atoms with E-state index in [9.17, 15) is 0 Å². The second kappa shape index (κ2) is 6.54. The van der Waals surface area contributed by atoms with Gasteiger partial charge in [0.15, 0.2) is 12.4 Å². The molecule has 29 heavy (non-hydrogen) atoms. The Morgan fingerprint density at radius 2 is 1.38 bits per heavy atom. The molecule has 6 aromatic rings. The number of rotatable bonds is 2. The molecule has 3 aromatic heterocycles. The zero-order valence-corrected chi connectivity index (χ0v) is 16.6. The molecule has 0 saturated carbocycles. The molecule has 136 valence electrons. The highest BCUT2D eigenvalue weighted by molar-refractivity contribution is 7.26. The number of thiophene rings is 1. The Morgan fingerprint density at radius 3 is 2.31 bits per heavy atom. The maximum Gasteiger partial charge on any atom is 0.220 e. The van der Waals surface area contributed by atoms with Gasteiger partial charge in [0.05, 0.1) is 5.39 Å². The summed E-state index contributed by atoms with van der Waals surface area (Å²) in [5, 5.41) is 5.23. The predicted octanol–water partition coefficient (Wildman–Crippen LogP) is 7.12. The summed E-state index contributed by atoms with van der Waals surface area (Å²) in [4.78, 5) is 0. The van der Waals surface area contributed by atoms with E-state index in [1.165, 1.54) is 47.6 Å². The minimum atomic E-state index is 1.21. The largest absolute Gasteiger partial charge is 0.220 e. The molecule has 0 unspecified atom stereocenters. The molecule has 0 aliphatic rings. The van der Waals surface area contributed by atoms with Crippen molar-refractivity contribution in [2.75, 3.05) is 0 Å². The SMILES string of the molecule is C(=C\c1cc[n+]2ccc3sc4ccccc4c3c2c1)/c1ccc2ccccc2c1. The van der Waals surface area contributed by atoms with Crippen molar-refractivity contribution in [1.29, 1.82) is 0 Å². The van der Waals surface area contributed by atoms with Gasteiger partial charge < -0.3 is 0 Å². The minimum Gasteiger partial charge on any atom is -0.166 e. The zero-order chi connectivity index (χ0) is 19.2. The molecule has 0 aliphatic carbocycles. The monoisotopic (exact) mass is 388 g/mol. The van der Waals surface area contributed by atoms with Crippen molar-refractivity contribution in [3.8, 4) is 0 Å². The summed E-state index contributed by atoms with van der Waals surface area (Å²) in [6.45, 7) is 0. The second-order valence-corrected chi connectivity index (χ2v) is 8.43. The Balaban J connectivity index is 1.48. The molecule has 3 aromatic carbocycles. The molecular weight excluding hydrogens is 370 g/mol. The molecule has 0 spiro atoms. The van der Waals surface area contributed by atoms with E-state index in [1.807, 2.05) is 11.3 Å². The van der Waals surface area contributed by atoms with Crippen LogP contribution in [0.2, 0.25) is 0 Å². The molecule has 0 aliphatic heterocycles. The fourth-order valence-electron chi connectivity index (χ4n) is 4.06. The quantitative estimate of drug-likeness (QED) is 0.278. The molecular formula is C27H18NS+. The van der Waals surface area contributed by atoms with Gasteiger partial charge in [-0.3, -0.25) is 0 Å². The molecule has 0 amide bonds. The Bertz CT molecular complexity index is 1560. The van der Waals surface area contributed by atoms with E-state index >= 15 is 0 Å². The fourth-order valence-corrected chi connectivity index (χ4v) is 5.17. The summed E-state index contributed by atoms with van der Waals surface area (Å²) in [5.74, 6) is 0. The van der Waals surface area contributed by atoms with E-state index in [1.54, 1.807) is 0 Å². The van der Waals surface area contributed by atoms with Crippen LogP contribution in [0.4, 0.5) is 0 Å². The number of hydrogen-bond donors (Lipinski definition) is 0. The van der Waals surface area contributed by atoms with Crippen molar-refractivity contribution >= 4 is 60.0 Å². The summed E-state index contributed by atoms with van der Waals surface area (Å²) in [7, 11) is 0. The van der Waals surface area contributed by atoms with Crippen molar-refractivity contribution in [1.82, 2.24) is 0 Å². The highest BCUT2D eigenvalue weighted by Gasteiger charge is 2.13. The highest BCUT2D eigenvalue weighted by atomic mass is 32.1. The zero-order valence-electron chi connectivity index (χ0n) is 15.7. The number of benzene rings is 3. The first kappa shape index (κ1) is 16.5. The van der Waals surface area contributed by atoms with E-state index in [0.717, 1.165) is 0 Å². The maximum absolute atomic E-state index is 2.29. The normalized spacial score (nSPS) is 12.0. The van der Waals surface area contributed by atoms with Crippen molar-refractivity contribution in [2.24, 2.45) is 0 Å². The smallest absolute Gasteiger partial charge is 0.166 e. The van der Waals surface area contributed by atoms with E-state index in [0.29, 0.717) is 0 Å². The average molecular weight is 389 g/mol. The van der Waals surface area contributed by atoms with Crippen LogP contribution in [0.25, 0.3) is 48.6 Å². The molecule has 1 nitrogen and oxygen atoms in total. The first-order valence-corrected chi connectivity index (χ1v) is 10.6. The molecule has 0 bridgehead atoms. The molecule has 3 heterocycles. The Hall–Kier alpha value is -3.49. The third kappa shape index (κ3) is 2.81. The molecule has 0 atom stereocenters. The van der Waals surface area contributed by atoms with Crippen LogP contribution in [0.15, 0.2) is 97.3 Å². The van der Waals surface area contributed by atoms with Crippen LogP contribution in [0.5, 0.6) is 0 Å². The van der Waals surface area contributed by atoms with Gasteiger partial charge in [0.1, 0.15) is 0 Å². The number of fused-ring (bicyclic) bond motifs is 6. The number of nitrogens with zero attached hydrogens (tertiary/aromatic N) is 1. The van der Waals surface area contributed by atoms with Gasteiger partial charge in [-0.2, -0.15) is 4.40 Å². The topological polar surface area (TPSA) is 4.10 Å². The molecule has 0 fully saturated rings. The first-order chi connectivity index (χ1) is 14.3. The van der Waals surface area contributed by atoms with Crippen molar-refractivity contribution in [3.63, 3.8) is 0 Å². The summed E-state index contributed by atoms with van der Waals surface area (Å²) in [6.07, 6.45) is 8.72. The molecule has 0 saturated heterocycles. The average Bonchev–Trinajstić information content (AvgIpc) is 3.16. The molecule has 0 N–H and O–H groups in total. The van der Waals surface area contributed by atoms with Crippen LogP contribution in [-0.2, 0) is 0 Å². The molecule has 6 rings (SSSR count). The van der Waals surface area contributed by atoms with Crippen LogP contribution in [-0.4, -0.2) is 0 Å². The van der Waals surface area contributed by atoms with Crippen LogP contribution in [0.3, 0.4) is 0 Å². The Kier molecular flexibility index (Phi) is 3.71. The summed E-state index contributed by atoms with van der Waals surface area (Å²) in [5.41, 5.74) is 3.68. The summed E-state index contributed by atoms with van der Waals surface area (Å²) in [6, 6.07) is 30.5. The predicted molar refractivity (Wildman–Crippen MR) is 125 cm³/mol. The third-order valence-electron chi connectivity index (χ3n) is 5.52. The number of hydrogen-bond acceptors (Lipinski definition) is 1. The van der Waals surface area contributed by atoms with Gasteiger partial charge in [0, 0.05) is 33.0 Å². The van der Waals surface area contributed by atoms with Gasteiger partial charge in [-0.25, -0.2) is 0 Å². The Morgan fingerprint density at radius 1 is 0.621 bits per heavy atom. The highest BCUT2D eigenvalue weighted by Crippen LogP contribution is 2.35. The first-order valence-electron chi connectivity index (χ1n) is 9.77. The lowest BCUT2D eigenvalue weighted by atomic mass is 10.1. The maximum atomic E-state index is 2.29. The minimum absolute atomic E-state index is 1.21. The van der Waals surface area contributed by atoms with E-state index < -0.39 is 0 Å². The van der Waals surface area contributed by atoms with Gasteiger partial charge in [-0.1, -0.05) is 66.7 Å². The second-order valence-electron chi connectivity index (χ2n) is 7.35. The van der Waals surface area contributed by atoms with Crippen LogP contribution in [0, 0.1) is 0 Å². The molecule has 2 heteroatoms. The summed E-state index contributed by atoms with van der Waals surface area (Å²) < 4.78 is 4.89. The standard InChI is InChI=1S/C27H18NS/c1-2-6-22-17-19(11-12-21(22)5-1)9-10-20-13-15-28-16-14-26-27(24(28)18-20)23-7-3-4-8-25(23)29-26/h1-18H/q+1/b10-9+. The van der Waals surface area contributed by atoms with E-state index in [2.05, 4.69) is 114 Å². The van der Waals surface area contributed by atoms with Crippen LogP contribution < -0.4 is 4.40 Å². The van der Waals surface area contributed by atoms with Crippen LogP contribution in [0.1, 0.15) is 11.1 Å². The summed E-state index contributed by atoms with van der Waals surface area (Å²) >= 11 is 1.86. The van der Waals surface area contributed by atoms with Gasteiger partial charge in [-0.05, 0) is 34.0 Å². The lowest BCUT2D eigenvalue weighted by Gasteiger charge is -2.00. The van der Waals surface area contributed by atoms with E-state index in [-0.39, 0.29) is 0 Å². The van der Waals surface area contributed by atoms with Crippen molar-refractivity contribution in [3.05, 3.63) is 108 Å². The lowest BCUT2D eigenvalue weighted by molar-refractivity contribution is -0.510. The number of pyridine rings is 2. The molecule has 0 radical (unpaired) electrons. The van der Waals surface area contributed by atoms with Crippen LogP contribution >= 0.6 is 11.3 Å². The third-order valence-corrected chi connectivity index (χ3v) is 6.65. The lowest BCUT2D eigenvalue weighted by Crippen LogP contribution is -2.20. The van der Waals surface area contributed by atoms with E-state index in [4.69, 9.17) is 0 Å². The van der Waals surface area contributed by atoms with Gasteiger partial charge in [0.2, 0.25) is 5.52 Å². The number of aromatic nitrogens is 1. The van der Waals surface area contributed by atoms with Gasteiger partial charge in [-0.15, -0.1) is 11.3 Å². The fraction of sp³-hybridized carbons (Fsp3) is 0. The van der Waals surface area contributed by atoms with Crippen molar-refractivity contribution < 1.29 is 4.40 Å².